The van der Waals surface area contributed by atoms with Gasteiger partial charge < -0.3 is 14.8 Å². The van der Waals surface area contributed by atoms with Gasteiger partial charge in [-0.15, -0.1) is 0 Å². The van der Waals surface area contributed by atoms with Crippen LogP contribution in [0.3, 0.4) is 0 Å². The minimum atomic E-state index is -3.62. The second kappa shape index (κ2) is 8.39. The van der Waals surface area contributed by atoms with Crippen molar-refractivity contribution < 1.29 is 22.7 Å². The molecule has 1 aliphatic rings. The first-order chi connectivity index (χ1) is 12.1. The maximum Gasteiger partial charge on any atom is 0.240 e. The van der Waals surface area contributed by atoms with E-state index in [1.807, 2.05) is 0 Å². The number of thioether (sulfide) groups is 1. The van der Waals surface area contributed by atoms with Crippen LogP contribution in [0.1, 0.15) is 20.8 Å². The van der Waals surface area contributed by atoms with Crippen LogP contribution >= 0.6 is 11.8 Å². The summed E-state index contributed by atoms with van der Waals surface area (Å²) in [6.07, 6.45) is 1.08. The average Bonchev–Trinajstić information content (AvgIpc) is 2.54. The van der Waals surface area contributed by atoms with Gasteiger partial charge in [0.25, 0.3) is 0 Å². The quantitative estimate of drug-likeness (QED) is 0.701. The Morgan fingerprint density at radius 3 is 2.50 bits per heavy atom. The summed E-state index contributed by atoms with van der Waals surface area (Å²) in [6.45, 7) is 7.38. The predicted molar refractivity (Wildman–Crippen MR) is 105 cm³/mol. The lowest BCUT2D eigenvalue weighted by Gasteiger charge is -2.25. The van der Waals surface area contributed by atoms with E-state index in [1.54, 1.807) is 30.0 Å². The Hall–Kier alpha value is -1.61. The molecule has 1 heterocycles. The maximum absolute atomic E-state index is 12.2. The topological polar surface area (TPSA) is 84.9 Å². The van der Waals surface area contributed by atoms with Crippen LogP contribution in [0.2, 0.25) is 0 Å². The van der Waals surface area contributed by atoms with Crippen molar-refractivity contribution in [1.82, 2.24) is 5.32 Å². The Labute approximate surface area is 159 Å². The molecule has 7 nitrogen and oxygen atoms in total. The van der Waals surface area contributed by atoms with Crippen molar-refractivity contribution in [3.8, 4) is 11.5 Å². The van der Waals surface area contributed by atoms with E-state index >= 15 is 0 Å². The van der Waals surface area contributed by atoms with Gasteiger partial charge in [0.2, 0.25) is 15.9 Å². The highest BCUT2D eigenvalue weighted by molar-refractivity contribution is 8.00. The Morgan fingerprint density at radius 2 is 1.88 bits per heavy atom. The van der Waals surface area contributed by atoms with Crippen LogP contribution < -0.4 is 19.1 Å². The van der Waals surface area contributed by atoms with Crippen molar-refractivity contribution in [2.45, 2.75) is 25.5 Å². The number of hydrogen-bond acceptors (Lipinski definition) is 6. The van der Waals surface area contributed by atoms with Crippen molar-refractivity contribution in [2.75, 3.05) is 42.6 Å². The van der Waals surface area contributed by atoms with Crippen molar-refractivity contribution in [1.29, 1.82) is 0 Å². The number of hydrogen-bond donors (Lipinski definition) is 1. The van der Waals surface area contributed by atoms with Gasteiger partial charge in [0.05, 0.1) is 11.9 Å². The number of carbonyl (C=O) groups is 1. The standard InChI is InChI=1S/C17H26N2O5S2/c1-17(2,3)25-10-7-18-16(20)12-19(26(4,21)22)13-5-6-14-15(11-13)24-9-8-23-14/h5-6,11H,7-10,12H2,1-4H3,(H,18,20). The predicted octanol–water partition coefficient (Wildman–Crippen LogP) is 1.87. The molecule has 26 heavy (non-hydrogen) atoms. The molecule has 9 heteroatoms. The zero-order valence-electron chi connectivity index (χ0n) is 15.6. The molecule has 0 aliphatic carbocycles. The van der Waals surface area contributed by atoms with Crippen molar-refractivity contribution in [2.24, 2.45) is 0 Å². The molecule has 2 rings (SSSR count). The fraction of sp³-hybridized carbons (Fsp3) is 0.588. The number of amides is 1. The first-order valence-corrected chi connectivity index (χ1v) is 11.2. The number of anilines is 1. The summed E-state index contributed by atoms with van der Waals surface area (Å²) in [5, 5.41) is 2.77. The van der Waals surface area contributed by atoms with Crippen LogP contribution in [0.15, 0.2) is 18.2 Å². The number of ether oxygens (including phenoxy) is 2. The van der Waals surface area contributed by atoms with Crippen molar-refractivity contribution in [3.05, 3.63) is 18.2 Å². The highest BCUT2D eigenvalue weighted by Gasteiger charge is 2.23. The molecular formula is C17H26N2O5S2. The molecular weight excluding hydrogens is 376 g/mol. The largest absolute Gasteiger partial charge is 0.486 e. The SMILES string of the molecule is CC(C)(C)SCCNC(=O)CN(c1ccc2c(c1)OCCO2)S(C)(=O)=O. The Morgan fingerprint density at radius 1 is 1.23 bits per heavy atom. The molecule has 0 saturated heterocycles. The fourth-order valence-corrected chi connectivity index (χ4v) is 3.99. The van der Waals surface area contributed by atoms with Crippen LogP contribution in [0.25, 0.3) is 0 Å². The molecule has 0 unspecified atom stereocenters. The second-order valence-corrected chi connectivity index (χ2v) is 10.7. The molecule has 1 aliphatic heterocycles. The first kappa shape index (κ1) is 20.7. The van der Waals surface area contributed by atoms with Gasteiger partial charge in [-0.2, -0.15) is 11.8 Å². The van der Waals surface area contributed by atoms with Crippen LogP contribution in [-0.4, -0.2) is 57.4 Å². The summed E-state index contributed by atoms with van der Waals surface area (Å²) < 4.78 is 36.5. The highest BCUT2D eigenvalue weighted by Crippen LogP contribution is 2.34. The first-order valence-electron chi connectivity index (χ1n) is 8.34. The number of nitrogens with one attached hydrogen (secondary N) is 1. The Kier molecular flexibility index (Phi) is 6.68. The van der Waals surface area contributed by atoms with Crippen LogP contribution in [0.5, 0.6) is 11.5 Å². The Bertz CT molecular complexity index is 744. The van der Waals surface area contributed by atoms with Gasteiger partial charge >= 0.3 is 0 Å². The average molecular weight is 403 g/mol. The smallest absolute Gasteiger partial charge is 0.240 e. The van der Waals surface area contributed by atoms with Crippen LogP contribution in [0, 0.1) is 0 Å². The molecule has 0 atom stereocenters. The number of rotatable bonds is 7. The minimum Gasteiger partial charge on any atom is -0.486 e. The zero-order chi connectivity index (χ0) is 19.4. The van der Waals surface area contributed by atoms with Crippen LogP contribution in [0.4, 0.5) is 5.69 Å². The van der Waals surface area contributed by atoms with E-state index in [1.165, 1.54) is 0 Å². The third-order valence-electron chi connectivity index (χ3n) is 3.46. The minimum absolute atomic E-state index is 0.120. The van der Waals surface area contributed by atoms with Crippen molar-refractivity contribution >= 4 is 33.4 Å². The summed E-state index contributed by atoms with van der Waals surface area (Å²) in [7, 11) is -3.62. The molecule has 146 valence electrons. The summed E-state index contributed by atoms with van der Waals surface area (Å²) in [4.78, 5) is 12.2. The summed E-state index contributed by atoms with van der Waals surface area (Å²) >= 11 is 1.73. The number of sulfonamides is 1. The highest BCUT2D eigenvalue weighted by atomic mass is 32.2. The normalized spacial score (nSPS) is 14.0. The van der Waals surface area contributed by atoms with Gasteiger partial charge in [-0.3, -0.25) is 9.10 Å². The number of nitrogens with zero attached hydrogens (tertiary/aromatic N) is 1. The molecule has 1 aromatic carbocycles. The molecule has 0 fully saturated rings. The number of fused-ring (bicyclic) bond motifs is 1. The van der Waals surface area contributed by atoms with E-state index in [-0.39, 0.29) is 17.2 Å². The summed E-state index contributed by atoms with van der Waals surface area (Å²) in [5.74, 6) is 1.46. The molecule has 1 N–H and O–H groups in total. The summed E-state index contributed by atoms with van der Waals surface area (Å²) in [5.41, 5.74) is 0.371. The van der Waals surface area contributed by atoms with Gasteiger partial charge in [-0.25, -0.2) is 8.42 Å². The van der Waals surface area contributed by atoms with E-state index < -0.39 is 10.0 Å². The molecule has 1 aromatic rings. The third kappa shape index (κ3) is 6.28. The van der Waals surface area contributed by atoms with Gasteiger partial charge in [0.1, 0.15) is 19.8 Å². The Balaban J connectivity index is 2.03. The third-order valence-corrected chi connectivity index (χ3v) is 5.88. The van der Waals surface area contributed by atoms with E-state index in [0.717, 1.165) is 16.3 Å². The lowest BCUT2D eigenvalue weighted by atomic mass is 10.2. The summed E-state index contributed by atoms with van der Waals surface area (Å²) in [6, 6.07) is 4.84. The lowest BCUT2D eigenvalue weighted by molar-refractivity contribution is -0.119. The number of benzene rings is 1. The van der Waals surface area contributed by atoms with Gasteiger partial charge in [0.15, 0.2) is 11.5 Å². The fourth-order valence-electron chi connectivity index (χ4n) is 2.32. The lowest BCUT2D eigenvalue weighted by Crippen LogP contribution is -2.41. The molecule has 0 spiro atoms. The number of carbonyl (C=O) groups excluding carboxylic acids is 1. The molecule has 0 bridgehead atoms. The van der Waals surface area contributed by atoms with Crippen LogP contribution in [-0.2, 0) is 14.8 Å². The molecule has 1 amide bonds. The van der Waals surface area contributed by atoms with Gasteiger partial charge in [-0.05, 0) is 12.1 Å². The maximum atomic E-state index is 12.2. The molecule has 0 saturated carbocycles. The molecule has 0 radical (unpaired) electrons. The van der Waals surface area contributed by atoms with E-state index in [4.69, 9.17) is 9.47 Å². The zero-order valence-corrected chi connectivity index (χ0v) is 17.2. The second-order valence-electron chi connectivity index (χ2n) is 6.91. The van der Waals surface area contributed by atoms with Gasteiger partial charge in [-0.1, -0.05) is 20.8 Å². The van der Waals surface area contributed by atoms with Gasteiger partial charge in [0, 0.05) is 23.1 Å². The van der Waals surface area contributed by atoms with E-state index in [9.17, 15) is 13.2 Å². The van der Waals surface area contributed by atoms with E-state index in [2.05, 4.69) is 26.1 Å². The monoisotopic (exact) mass is 402 g/mol. The van der Waals surface area contributed by atoms with Crippen molar-refractivity contribution in [3.63, 3.8) is 0 Å². The molecule has 0 aromatic heterocycles. The van der Waals surface area contributed by atoms with E-state index in [0.29, 0.717) is 36.9 Å².